The molecule has 3 fully saturated rings. The van der Waals surface area contributed by atoms with Crippen molar-refractivity contribution < 1.29 is 89.4 Å². The van der Waals surface area contributed by atoms with Crippen molar-refractivity contribution in [2.45, 2.75) is 433 Å². The van der Waals surface area contributed by atoms with E-state index in [-0.39, 0.29) is 18.9 Å². The van der Waals surface area contributed by atoms with Gasteiger partial charge < -0.3 is 89.9 Å². The molecule has 3 aliphatic heterocycles. The number of rotatable bonds is 73. The second-order valence-electron chi connectivity index (χ2n) is 32.0. The second-order valence-corrected chi connectivity index (χ2v) is 32.0. The molecule has 17 atom stereocenters. The fraction of sp³-hybridized carbons (Fsp3) is 0.742. The quantitative estimate of drug-likeness (QED) is 0.0199. The van der Waals surface area contributed by atoms with E-state index in [1.54, 1.807) is 6.08 Å². The molecular weight excluding hydrogens is 1470 g/mol. The van der Waals surface area contributed by atoms with Gasteiger partial charge >= 0.3 is 0 Å². The molecule has 0 aromatic rings. The van der Waals surface area contributed by atoms with Crippen LogP contribution in [0.15, 0.2) is 146 Å². The molecule has 0 aromatic heterocycles. The van der Waals surface area contributed by atoms with Crippen molar-refractivity contribution in [3.05, 3.63) is 146 Å². The van der Waals surface area contributed by atoms with Gasteiger partial charge in [0.2, 0.25) is 5.91 Å². The largest absolute Gasteiger partial charge is 0.394 e. The van der Waals surface area contributed by atoms with Crippen LogP contribution in [-0.2, 0) is 33.2 Å². The van der Waals surface area contributed by atoms with E-state index in [1.807, 2.05) is 6.08 Å². The number of nitrogens with one attached hydrogen (secondary N) is 1. The van der Waals surface area contributed by atoms with E-state index < -0.39 is 124 Å². The molecule has 0 saturated carbocycles. The van der Waals surface area contributed by atoms with Crippen LogP contribution < -0.4 is 5.32 Å². The minimum Gasteiger partial charge on any atom is -0.394 e. The van der Waals surface area contributed by atoms with Gasteiger partial charge in [-0.15, -0.1) is 0 Å². The Morgan fingerprint density at radius 3 is 0.931 bits per heavy atom. The van der Waals surface area contributed by atoms with Gasteiger partial charge in [0.15, 0.2) is 18.9 Å². The first-order valence-electron chi connectivity index (χ1n) is 46.1. The molecule has 19 nitrogen and oxygen atoms in total. The van der Waals surface area contributed by atoms with Crippen molar-refractivity contribution in [2.24, 2.45) is 0 Å². The molecule has 3 rings (SSSR count). The van der Waals surface area contributed by atoms with Gasteiger partial charge in [0.1, 0.15) is 73.2 Å². The van der Waals surface area contributed by atoms with E-state index in [9.17, 15) is 61.0 Å². The molecule has 0 spiro atoms. The average molecular weight is 1630 g/mol. The standard InChI is InChI=1S/C97H165NO18/c1-3-5-7-9-11-13-15-17-19-21-23-25-27-29-31-33-35-36-37-38-39-40-41-42-43-44-45-47-49-51-53-55-57-59-61-63-65-67-69-71-73-75-85(103)98-80(81(102)74-72-70-68-66-64-62-60-58-56-54-52-50-48-46-34-32-30-28-26-24-22-20-18-16-14-12-10-8-6-4-2)79-111-95-91(109)88(106)93(83(77-100)113-95)116-97-92(110)89(107)94(84(78-101)114-97)115-96-90(108)87(105)86(104)82(76-99)112-96/h5,7,11,13,17,19,23,25,29,31,35-36,38-39,41-42,44-45,49,51,55,57,72,74,80-84,86-97,99-102,104-110H,3-4,6,8-10,12,14-16,18,20-22,24,26-28,30,32-34,37,40,43,46-48,50,52-54,56,58-71,73,75-79H2,1-2H3,(H,98,103)/b7-5-,13-11-,19-17-,25-23-,31-29-,36-35-,39-38-,42-41-,45-44-,51-49-,57-55-,74-72+. The zero-order chi connectivity index (χ0) is 83.8. The zero-order valence-corrected chi connectivity index (χ0v) is 71.9. The monoisotopic (exact) mass is 1630 g/mol. The number of carbonyl (C=O) groups excluding carboxylic acids is 1. The molecule has 0 aliphatic carbocycles. The average Bonchev–Trinajstić information content (AvgIpc) is 0.783. The lowest BCUT2D eigenvalue weighted by Crippen LogP contribution is -2.66. The minimum atomic E-state index is -1.99. The van der Waals surface area contributed by atoms with Crippen molar-refractivity contribution in [3.8, 4) is 0 Å². The Labute approximate surface area is 702 Å². The summed E-state index contributed by atoms with van der Waals surface area (Å²) in [5, 5.41) is 121. The zero-order valence-electron chi connectivity index (χ0n) is 71.9. The maximum absolute atomic E-state index is 13.5. The fourth-order valence-corrected chi connectivity index (χ4v) is 14.6. The molecule has 666 valence electrons. The summed E-state index contributed by atoms with van der Waals surface area (Å²) in [7, 11) is 0. The smallest absolute Gasteiger partial charge is 0.220 e. The lowest BCUT2D eigenvalue weighted by molar-refractivity contribution is -0.379. The molecule has 0 aromatic carbocycles. The van der Waals surface area contributed by atoms with Gasteiger partial charge in [0.05, 0.1) is 38.6 Å². The number of carbonyl (C=O) groups is 1. The molecule has 3 aliphatic rings. The van der Waals surface area contributed by atoms with Gasteiger partial charge in [-0.2, -0.15) is 0 Å². The van der Waals surface area contributed by atoms with Crippen molar-refractivity contribution in [2.75, 3.05) is 26.4 Å². The summed E-state index contributed by atoms with van der Waals surface area (Å²) < 4.78 is 34.5. The summed E-state index contributed by atoms with van der Waals surface area (Å²) in [5.74, 6) is -0.289. The number of unbranched alkanes of at least 4 members (excludes halogenated alkanes) is 35. The summed E-state index contributed by atoms with van der Waals surface area (Å²) in [6, 6.07) is -0.992. The van der Waals surface area contributed by atoms with Crippen LogP contribution in [0.2, 0.25) is 0 Å². The SMILES string of the molecule is CC/C=C\C/C=C\C/C=C\C/C=C\C/C=C\C/C=C\C/C=C\C/C=C\C/C=C\C/C=C\C/C=C\CCCCCCCCCC(=O)NC(COC1OC(CO)C(OC2OC(CO)C(OC3OC(CO)C(O)C(O)C3O)C(O)C2O)C(O)C1O)C(O)/C=C/CCCCCCCCCCCCCCCCCCCCCCCCCCCCCC. The number of ether oxygens (including phenoxy) is 6. The van der Waals surface area contributed by atoms with E-state index in [2.05, 4.69) is 153 Å². The lowest BCUT2D eigenvalue weighted by atomic mass is 9.96. The van der Waals surface area contributed by atoms with Crippen molar-refractivity contribution >= 4 is 5.91 Å². The van der Waals surface area contributed by atoms with Crippen LogP contribution in [0.1, 0.15) is 328 Å². The van der Waals surface area contributed by atoms with E-state index in [0.29, 0.717) is 6.42 Å². The summed E-state index contributed by atoms with van der Waals surface area (Å²) in [4.78, 5) is 13.5. The van der Waals surface area contributed by atoms with Gasteiger partial charge in [-0.05, 0) is 103 Å². The first-order chi connectivity index (χ1) is 56.8. The highest BCUT2D eigenvalue weighted by Gasteiger charge is 2.54. The molecule has 0 radical (unpaired) electrons. The highest BCUT2D eigenvalue weighted by molar-refractivity contribution is 5.76. The molecule has 19 heteroatoms. The maximum Gasteiger partial charge on any atom is 0.220 e. The van der Waals surface area contributed by atoms with E-state index in [1.165, 1.54) is 161 Å². The fourth-order valence-electron chi connectivity index (χ4n) is 14.6. The van der Waals surface area contributed by atoms with Crippen LogP contribution in [0, 0.1) is 0 Å². The Balaban J connectivity index is 1.34. The van der Waals surface area contributed by atoms with Crippen LogP contribution in [0.5, 0.6) is 0 Å². The summed E-state index contributed by atoms with van der Waals surface area (Å²) >= 11 is 0. The van der Waals surface area contributed by atoms with E-state index in [4.69, 9.17) is 28.4 Å². The Morgan fingerprint density at radius 2 is 0.595 bits per heavy atom. The van der Waals surface area contributed by atoms with Gasteiger partial charge in [0.25, 0.3) is 0 Å². The number of hydrogen-bond acceptors (Lipinski definition) is 18. The number of allylic oxidation sites excluding steroid dienone is 23. The molecule has 116 heavy (non-hydrogen) atoms. The predicted molar refractivity (Wildman–Crippen MR) is 470 cm³/mol. The number of aliphatic hydroxyl groups is 11. The van der Waals surface area contributed by atoms with Crippen molar-refractivity contribution in [3.63, 3.8) is 0 Å². The third-order valence-corrected chi connectivity index (χ3v) is 21.9. The molecule has 12 N–H and O–H groups in total. The first kappa shape index (κ1) is 106. The van der Waals surface area contributed by atoms with Gasteiger partial charge in [0, 0.05) is 6.42 Å². The van der Waals surface area contributed by atoms with Crippen LogP contribution >= 0.6 is 0 Å². The van der Waals surface area contributed by atoms with Gasteiger partial charge in [-0.25, -0.2) is 0 Å². The summed E-state index contributed by atoms with van der Waals surface area (Å²) in [6.07, 6.45) is 82.7. The van der Waals surface area contributed by atoms with Crippen LogP contribution in [0.25, 0.3) is 0 Å². The topological polar surface area (TPSA) is 307 Å². The van der Waals surface area contributed by atoms with E-state index >= 15 is 0 Å². The van der Waals surface area contributed by atoms with Crippen LogP contribution in [0.4, 0.5) is 0 Å². The van der Waals surface area contributed by atoms with Crippen molar-refractivity contribution in [1.29, 1.82) is 0 Å². The number of amides is 1. The lowest BCUT2D eigenvalue weighted by Gasteiger charge is -2.48. The summed E-state index contributed by atoms with van der Waals surface area (Å²) in [5.41, 5.74) is 0. The van der Waals surface area contributed by atoms with E-state index in [0.717, 1.165) is 141 Å². The van der Waals surface area contributed by atoms with Crippen LogP contribution in [0.3, 0.4) is 0 Å². The first-order valence-corrected chi connectivity index (χ1v) is 46.1. The number of aliphatic hydroxyl groups excluding tert-OH is 11. The molecular formula is C97H165NO18. The third-order valence-electron chi connectivity index (χ3n) is 21.9. The Hall–Kier alpha value is -4.33. The third kappa shape index (κ3) is 52.1. The Morgan fingerprint density at radius 1 is 0.319 bits per heavy atom. The Bertz CT molecular complexity index is 2670. The molecule has 3 saturated heterocycles. The van der Waals surface area contributed by atoms with Gasteiger partial charge in [-0.3, -0.25) is 4.79 Å². The van der Waals surface area contributed by atoms with Gasteiger partial charge in [-0.1, -0.05) is 365 Å². The number of hydrogen-bond donors (Lipinski definition) is 12. The Kier molecular flexibility index (Phi) is 68.0. The highest BCUT2D eigenvalue weighted by Crippen LogP contribution is 2.33. The molecule has 0 bridgehead atoms. The predicted octanol–water partition coefficient (Wildman–Crippen LogP) is 18.1. The molecule has 17 unspecified atom stereocenters. The highest BCUT2D eigenvalue weighted by atomic mass is 16.8. The maximum atomic E-state index is 13.5. The molecule has 3 heterocycles. The van der Waals surface area contributed by atoms with Crippen LogP contribution in [-0.4, -0.2) is 193 Å². The summed E-state index contributed by atoms with van der Waals surface area (Å²) in [6.45, 7) is 1.64. The van der Waals surface area contributed by atoms with Crippen molar-refractivity contribution in [1.82, 2.24) is 5.32 Å². The molecule has 1 amide bonds. The second kappa shape index (κ2) is 74.5. The normalized spacial score (nSPS) is 25.2. The minimum absolute atomic E-state index is 0.222.